The molecule has 2 heteroatoms. The van der Waals surface area contributed by atoms with Crippen molar-refractivity contribution in [1.29, 1.82) is 0 Å². The standard InChI is InChI=1S/C36H64FN/c1-25(2)26(3)16-15-17-27(4)29(6)34-28(5)24-33(30(7)36(34,10)11)38(12)23-21-31-19-20-32(37)18-13-14-22-35(31,8)9/h19,24-27,29-30,32H,13-18,20-23H2,1-12H3. The molecule has 2 rings (SSSR count). The predicted molar refractivity (Wildman–Crippen MR) is 167 cm³/mol. The summed E-state index contributed by atoms with van der Waals surface area (Å²) in [5.74, 6) is 3.38. The Balaban J connectivity index is 2.16. The fraction of sp³-hybridized carbons (Fsp3) is 0.833. The summed E-state index contributed by atoms with van der Waals surface area (Å²) >= 11 is 0. The molecule has 0 heterocycles. The lowest BCUT2D eigenvalue weighted by Gasteiger charge is -2.46. The summed E-state index contributed by atoms with van der Waals surface area (Å²) in [6.45, 7) is 27.6. The first-order chi connectivity index (χ1) is 17.6. The molecule has 5 unspecified atom stereocenters. The van der Waals surface area contributed by atoms with E-state index in [2.05, 4.69) is 100 Å². The quantitative estimate of drug-likeness (QED) is 0.241. The van der Waals surface area contributed by atoms with Gasteiger partial charge < -0.3 is 4.90 Å². The van der Waals surface area contributed by atoms with Crippen LogP contribution in [0.1, 0.15) is 134 Å². The van der Waals surface area contributed by atoms with E-state index in [1.54, 1.807) is 5.57 Å². The summed E-state index contributed by atoms with van der Waals surface area (Å²) < 4.78 is 14.3. The maximum Gasteiger partial charge on any atom is 0.104 e. The van der Waals surface area contributed by atoms with Crippen LogP contribution in [0, 0.1) is 40.4 Å². The average Bonchev–Trinajstić information content (AvgIpc) is 2.88. The van der Waals surface area contributed by atoms with E-state index in [-0.39, 0.29) is 10.8 Å². The summed E-state index contributed by atoms with van der Waals surface area (Å²) in [5.41, 5.74) is 6.37. The lowest BCUT2D eigenvalue weighted by Crippen LogP contribution is -2.38. The van der Waals surface area contributed by atoms with Gasteiger partial charge in [-0.2, -0.15) is 0 Å². The van der Waals surface area contributed by atoms with Crippen LogP contribution in [-0.4, -0.2) is 24.7 Å². The zero-order chi connectivity index (χ0) is 28.8. The van der Waals surface area contributed by atoms with E-state index in [4.69, 9.17) is 0 Å². The van der Waals surface area contributed by atoms with E-state index in [1.165, 1.54) is 42.5 Å². The van der Waals surface area contributed by atoms with Crippen molar-refractivity contribution in [3.8, 4) is 0 Å². The second kappa shape index (κ2) is 14.0. The number of alkyl halides is 1. The largest absolute Gasteiger partial charge is 0.377 e. The Labute approximate surface area is 237 Å². The van der Waals surface area contributed by atoms with Gasteiger partial charge in [-0.1, -0.05) is 119 Å². The number of rotatable bonds is 11. The van der Waals surface area contributed by atoms with Gasteiger partial charge in [0.25, 0.3) is 0 Å². The van der Waals surface area contributed by atoms with E-state index in [9.17, 15) is 4.39 Å². The highest BCUT2D eigenvalue weighted by atomic mass is 19.1. The zero-order valence-corrected chi connectivity index (χ0v) is 27.5. The molecule has 0 aromatic carbocycles. The van der Waals surface area contributed by atoms with Gasteiger partial charge in [-0.25, -0.2) is 4.39 Å². The summed E-state index contributed by atoms with van der Waals surface area (Å²) in [5, 5.41) is 0. The molecule has 0 N–H and O–H groups in total. The van der Waals surface area contributed by atoms with Crippen molar-refractivity contribution in [3.63, 3.8) is 0 Å². The molecular weight excluding hydrogens is 465 g/mol. The molecule has 38 heavy (non-hydrogen) atoms. The SMILES string of the molecule is CC1=C(C(C)C(C)CCCC(C)C(C)C)C(C)(C)C(C)C(N(C)CCC2=CCC(F)CCCCC2(C)C)=C1. The zero-order valence-electron chi connectivity index (χ0n) is 27.5. The van der Waals surface area contributed by atoms with Gasteiger partial charge in [-0.3, -0.25) is 0 Å². The Bertz CT molecular complexity index is 841. The van der Waals surface area contributed by atoms with Crippen molar-refractivity contribution in [2.45, 2.75) is 140 Å². The van der Waals surface area contributed by atoms with Crippen molar-refractivity contribution in [3.05, 3.63) is 34.6 Å². The molecule has 0 spiro atoms. The van der Waals surface area contributed by atoms with Gasteiger partial charge in [0, 0.05) is 25.2 Å². The van der Waals surface area contributed by atoms with Crippen LogP contribution >= 0.6 is 0 Å². The first kappa shape index (κ1) is 33.2. The molecule has 0 aliphatic heterocycles. The smallest absolute Gasteiger partial charge is 0.104 e. The van der Waals surface area contributed by atoms with Crippen LogP contribution in [-0.2, 0) is 0 Å². The van der Waals surface area contributed by atoms with E-state index < -0.39 is 6.17 Å². The summed E-state index contributed by atoms with van der Waals surface area (Å²) in [4.78, 5) is 2.50. The lowest BCUT2D eigenvalue weighted by molar-refractivity contribution is 0.214. The molecule has 0 aromatic rings. The molecule has 0 radical (unpaired) electrons. The number of hydrogen-bond donors (Lipinski definition) is 0. The second-order valence-corrected chi connectivity index (χ2v) is 14.9. The minimum absolute atomic E-state index is 0.138. The highest BCUT2D eigenvalue weighted by molar-refractivity contribution is 5.39. The molecule has 5 atom stereocenters. The van der Waals surface area contributed by atoms with Crippen LogP contribution in [0.15, 0.2) is 34.6 Å². The second-order valence-electron chi connectivity index (χ2n) is 14.9. The molecule has 0 fully saturated rings. The van der Waals surface area contributed by atoms with E-state index in [0.29, 0.717) is 24.2 Å². The summed E-state index contributed by atoms with van der Waals surface area (Å²) in [6.07, 6.45) is 13.7. The maximum atomic E-state index is 14.3. The molecule has 0 saturated carbocycles. The van der Waals surface area contributed by atoms with Crippen LogP contribution in [0.5, 0.6) is 0 Å². The fourth-order valence-corrected chi connectivity index (χ4v) is 7.17. The first-order valence-corrected chi connectivity index (χ1v) is 16.1. The monoisotopic (exact) mass is 530 g/mol. The summed E-state index contributed by atoms with van der Waals surface area (Å²) in [7, 11) is 2.28. The van der Waals surface area contributed by atoms with E-state index in [1.807, 2.05) is 0 Å². The van der Waals surface area contributed by atoms with Gasteiger partial charge in [0.1, 0.15) is 6.17 Å². The maximum absolute atomic E-state index is 14.3. The van der Waals surface area contributed by atoms with E-state index >= 15 is 0 Å². The van der Waals surface area contributed by atoms with Crippen LogP contribution in [0.4, 0.5) is 4.39 Å². The molecule has 1 nitrogen and oxygen atoms in total. The van der Waals surface area contributed by atoms with Gasteiger partial charge in [0.05, 0.1) is 0 Å². The number of hydrogen-bond acceptors (Lipinski definition) is 1. The average molecular weight is 530 g/mol. The fourth-order valence-electron chi connectivity index (χ4n) is 7.17. The van der Waals surface area contributed by atoms with Crippen molar-refractivity contribution in [1.82, 2.24) is 4.90 Å². The molecule has 0 saturated heterocycles. The molecule has 0 amide bonds. The predicted octanol–water partition coefficient (Wildman–Crippen LogP) is 11.2. The molecule has 0 bridgehead atoms. The van der Waals surface area contributed by atoms with Gasteiger partial charge in [-0.05, 0) is 78.8 Å². The van der Waals surface area contributed by atoms with Crippen molar-refractivity contribution >= 4 is 0 Å². The third kappa shape index (κ3) is 8.47. The highest BCUT2D eigenvalue weighted by Gasteiger charge is 2.40. The molecular formula is C36H64FN. The third-order valence-electron chi connectivity index (χ3n) is 11.0. The van der Waals surface area contributed by atoms with Crippen LogP contribution in [0.3, 0.4) is 0 Å². The Morgan fingerprint density at radius 2 is 1.63 bits per heavy atom. The first-order valence-electron chi connectivity index (χ1n) is 16.1. The normalized spacial score (nSPS) is 26.6. The van der Waals surface area contributed by atoms with Gasteiger partial charge in [0.15, 0.2) is 0 Å². The highest BCUT2D eigenvalue weighted by Crippen LogP contribution is 2.50. The molecule has 2 aliphatic carbocycles. The van der Waals surface area contributed by atoms with Crippen LogP contribution in [0.25, 0.3) is 0 Å². The number of allylic oxidation sites excluding steroid dienone is 5. The Morgan fingerprint density at radius 1 is 1.00 bits per heavy atom. The van der Waals surface area contributed by atoms with Gasteiger partial charge in [-0.15, -0.1) is 0 Å². The topological polar surface area (TPSA) is 3.24 Å². The number of halogens is 1. The minimum atomic E-state index is -0.673. The minimum Gasteiger partial charge on any atom is -0.377 e. The Morgan fingerprint density at radius 3 is 2.26 bits per heavy atom. The van der Waals surface area contributed by atoms with Crippen LogP contribution < -0.4 is 0 Å². The number of nitrogens with zero attached hydrogens (tertiary/aromatic N) is 1. The third-order valence-corrected chi connectivity index (χ3v) is 11.0. The van der Waals surface area contributed by atoms with Crippen molar-refractivity contribution in [2.24, 2.45) is 40.4 Å². The van der Waals surface area contributed by atoms with E-state index in [0.717, 1.165) is 44.1 Å². The van der Waals surface area contributed by atoms with Gasteiger partial charge >= 0.3 is 0 Å². The van der Waals surface area contributed by atoms with Crippen LogP contribution in [0.2, 0.25) is 0 Å². The van der Waals surface area contributed by atoms with Gasteiger partial charge in [0.2, 0.25) is 0 Å². The molecule has 0 aromatic heterocycles. The summed E-state index contributed by atoms with van der Waals surface area (Å²) in [6, 6.07) is 0. The lowest BCUT2D eigenvalue weighted by atomic mass is 9.62. The van der Waals surface area contributed by atoms with Crippen molar-refractivity contribution < 1.29 is 4.39 Å². The molecule has 220 valence electrons. The van der Waals surface area contributed by atoms with Crippen molar-refractivity contribution in [2.75, 3.05) is 13.6 Å². The Hall–Kier alpha value is -1.05. The molecule has 2 aliphatic rings. The Kier molecular flexibility index (Phi) is 12.2.